The van der Waals surface area contributed by atoms with E-state index in [1.54, 1.807) is 0 Å². The first kappa shape index (κ1) is 19.0. The average molecular weight is 332 g/mol. The first-order valence-electron chi connectivity index (χ1n) is 9.83. The maximum absolute atomic E-state index is 6.01. The molecule has 0 spiro atoms. The van der Waals surface area contributed by atoms with Crippen LogP contribution in [-0.2, 0) is 24.9 Å². The number of aromatic nitrogens is 2. The Balaban J connectivity index is 1.83. The summed E-state index contributed by atoms with van der Waals surface area (Å²) in [5, 5.41) is 0. The standard InChI is InChI=1S/C21H35N2O/c1-4-6-7-8-9-10-13-17-24-18-23-20-16-12-11-15-19(20)22(3)21(23)14-5-2/h11-12,15-16H,4-10,13-14,17-18H2,1-3H3/q+1. The third-order valence-corrected chi connectivity index (χ3v) is 4.82. The summed E-state index contributed by atoms with van der Waals surface area (Å²) < 4.78 is 10.7. The van der Waals surface area contributed by atoms with Gasteiger partial charge in [-0.3, -0.25) is 0 Å². The van der Waals surface area contributed by atoms with E-state index >= 15 is 0 Å². The molecule has 0 saturated carbocycles. The lowest BCUT2D eigenvalue weighted by molar-refractivity contribution is -0.654. The van der Waals surface area contributed by atoms with Gasteiger partial charge in [0.2, 0.25) is 0 Å². The summed E-state index contributed by atoms with van der Waals surface area (Å²) in [6, 6.07) is 8.62. The Morgan fingerprint density at radius 1 is 0.917 bits per heavy atom. The predicted molar refractivity (Wildman–Crippen MR) is 101 cm³/mol. The highest BCUT2D eigenvalue weighted by atomic mass is 16.5. The van der Waals surface area contributed by atoms with Crippen LogP contribution in [0.5, 0.6) is 0 Å². The van der Waals surface area contributed by atoms with Crippen molar-refractivity contribution in [1.29, 1.82) is 0 Å². The maximum Gasteiger partial charge on any atom is 0.259 e. The summed E-state index contributed by atoms with van der Waals surface area (Å²) in [4.78, 5) is 0. The van der Waals surface area contributed by atoms with Crippen molar-refractivity contribution in [3.63, 3.8) is 0 Å². The Kier molecular flexibility index (Phi) is 8.31. The maximum atomic E-state index is 6.01. The number of hydrogen-bond acceptors (Lipinski definition) is 1. The molecule has 24 heavy (non-hydrogen) atoms. The topological polar surface area (TPSA) is 18.0 Å². The van der Waals surface area contributed by atoms with Gasteiger partial charge in [0, 0.05) is 6.42 Å². The van der Waals surface area contributed by atoms with Gasteiger partial charge < -0.3 is 4.74 Å². The normalized spacial score (nSPS) is 11.5. The number of rotatable bonds is 12. The number of para-hydroxylation sites is 2. The fourth-order valence-electron chi connectivity index (χ4n) is 3.42. The summed E-state index contributed by atoms with van der Waals surface area (Å²) in [6.45, 7) is 6.05. The minimum atomic E-state index is 0.673. The summed E-state index contributed by atoms with van der Waals surface area (Å²) in [5.74, 6) is 1.36. The second-order valence-corrected chi connectivity index (χ2v) is 6.80. The Hall–Kier alpha value is -1.35. The molecule has 0 aliphatic carbocycles. The Labute approximate surface area is 147 Å². The zero-order valence-corrected chi connectivity index (χ0v) is 15.9. The molecule has 0 fully saturated rings. The number of benzene rings is 1. The molecule has 0 unspecified atom stereocenters. The summed E-state index contributed by atoms with van der Waals surface area (Å²) >= 11 is 0. The van der Waals surface area contributed by atoms with Gasteiger partial charge in [0.1, 0.15) is 0 Å². The molecule has 134 valence electrons. The molecule has 0 atom stereocenters. The van der Waals surface area contributed by atoms with Gasteiger partial charge in [0.15, 0.2) is 17.8 Å². The van der Waals surface area contributed by atoms with Crippen molar-refractivity contribution in [3.8, 4) is 0 Å². The van der Waals surface area contributed by atoms with Crippen LogP contribution in [0.4, 0.5) is 0 Å². The second kappa shape index (κ2) is 10.5. The molecule has 1 aromatic carbocycles. The van der Waals surface area contributed by atoms with Crippen LogP contribution in [0.2, 0.25) is 0 Å². The molecule has 0 amide bonds. The van der Waals surface area contributed by atoms with E-state index in [-0.39, 0.29) is 0 Å². The van der Waals surface area contributed by atoms with E-state index in [0.717, 1.165) is 19.4 Å². The molecule has 0 radical (unpaired) electrons. The number of aryl methyl sites for hydroxylation is 1. The van der Waals surface area contributed by atoms with Gasteiger partial charge in [-0.05, 0) is 25.0 Å². The predicted octanol–water partition coefficient (Wildman–Crippen LogP) is 5.14. The van der Waals surface area contributed by atoms with Crippen molar-refractivity contribution in [1.82, 2.24) is 4.57 Å². The van der Waals surface area contributed by atoms with Crippen molar-refractivity contribution in [3.05, 3.63) is 30.1 Å². The molecule has 0 N–H and O–H groups in total. The molecular weight excluding hydrogens is 296 g/mol. The molecule has 1 aromatic heterocycles. The number of imidazole rings is 1. The van der Waals surface area contributed by atoms with E-state index < -0.39 is 0 Å². The summed E-state index contributed by atoms with van der Waals surface area (Å²) in [5.41, 5.74) is 2.57. The fraction of sp³-hybridized carbons (Fsp3) is 0.667. The average Bonchev–Trinajstić information content (AvgIpc) is 2.87. The lowest BCUT2D eigenvalue weighted by Crippen LogP contribution is -2.33. The molecule has 0 aliphatic heterocycles. The van der Waals surface area contributed by atoms with Crippen LogP contribution in [0.15, 0.2) is 24.3 Å². The minimum absolute atomic E-state index is 0.673. The van der Waals surface area contributed by atoms with Gasteiger partial charge in [-0.1, -0.05) is 64.5 Å². The first-order valence-corrected chi connectivity index (χ1v) is 9.83. The monoisotopic (exact) mass is 331 g/mol. The number of nitrogens with zero attached hydrogens (tertiary/aromatic N) is 2. The molecule has 1 heterocycles. The van der Waals surface area contributed by atoms with Crippen LogP contribution >= 0.6 is 0 Å². The van der Waals surface area contributed by atoms with Gasteiger partial charge in [-0.2, -0.15) is 0 Å². The Bertz CT molecular complexity index is 603. The van der Waals surface area contributed by atoms with Gasteiger partial charge in [0.05, 0.1) is 13.7 Å². The zero-order valence-electron chi connectivity index (χ0n) is 15.9. The SMILES string of the molecule is CCCCCCCCCOCn1c(CCC)[n+](C)c2ccccc21. The third kappa shape index (κ3) is 5.07. The van der Waals surface area contributed by atoms with Crippen LogP contribution in [0.25, 0.3) is 11.0 Å². The molecule has 0 aliphatic rings. The number of fused-ring (bicyclic) bond motifs is 1. The first-order chi connectivity index (χ1) is 11.8. The van der Waals surface area contributed by atoms with Crippen LogP contribution < -0.4 is 4.57 Å². The highest BCUT2D eigenvalue weighted by molar-refractivity contribution is 5.72. The van der Waals surface area contributed by atoms with Crippen LogP contribution in [0.1, 0.15) is 71.0 Å². The van der Waals surface area contributed by atoms with E-state index in [0.29, 0.717) is 6.73 Å². The van der Waals surface area contributed by atoms with Gasteiger partial charge in [-0.15, -0.1) is 0 Å². The molecular formula is C21H35N2O+. The van der Waals surface area contributed by atoms with E-state index in [2.05, 4.69) is 54.3 Å². The van der Waals surface area contributed by atoms with Crippen molar-refractivity contribution in [2.75, 3.05) is 6.61 Å². The van der Waals surface area contributed by atoms with Gasteiger partial charge in [-0.25, -0.2) is 9.13 Å². The smallest absolute Gasteiger partial charge is 0.259 e. The molecule has 2 aromatic rings. The summed E-state index contributed by atoms with van der Waals surface area (Å²) in [6.07, 6.45) is 11.6. The Morgan fingerprint density at radius 3 is 2.38 bits per heavy atom. The molecule has 0 bridgehead atoms. The van der Waals surface area contributed by atoms with Crippen molar-refractivity contribution >= 4 is 11.0 Å². The molecule has 2 rings (SSSR count). The van der Waals surface area contributed by atoms with Gasteiger partial charge >= 0.3 is 0 Å². The second-order valence-electron chi connectivity index (χ2n) is 6.80. The van der Waals surface area contributed by atoms with E-state index in [9.17, 15) is 0 Å². The van der Waals surface area contributed by atoms with Crippen LogP contribution in [0.3, 0.4) is 0 Å². The molecule has 3 nitrogen and oxygen atoms in total. The minimum Gasteiger partial charge on any atom is -0.342 e. The van der Waals surface area contributed by atoms with Crippen molar-refractivity contribution in [2.24, 2.45) is 7.05 Å². The zero-order chi connectivity index (χ0) is 17.2. The Morgan fingerprint density at radius 2 is 1.62 bits per heavy atom. The van der Waals surface area contributed by atoms with Crippen LogP contribution in [0, 0.1) is 0 Å². The van der Waals surface area contributed by atoms with Crippen molar-refractivity contribution in [2.45, 2.75) is 78.4 Å². The van der Waals surface area contributed by atoms with Crippen molar-refractivity contribution < 1.29 is 9.30 Å². The quantitative estimate of drug-likeness (QED) is 0.389. The van der Waals surface area contributed by atoms with Gasteiger partial charge in [0.25, 0.3) is 5.82 Å². The number of hydrogen-bond donors (Lipinski definition) is 0. The summed E-state index contributed by atoms with van der Waals surface area (Å²) in [7, 11) is 2.17. The van der Waals surface area contributed by atoms with Crippen LogP contribution in [-0.4, -0.2) is 11.2 Å². The largest absolute Gasteiger partial charge is 0.342 e. The highest BCUT2D eigenvalue weighted by Crippen LogP contribution is 2.15. The van der Waals surface area contributed by atoms with E-state index in [1.165, 1.54) is 61.8 Å². The highest BCUT2D eigenvalue weighted by Gasteiger charge is 2.21. The van der Waals surface area contributed by atoms with E-state index in [1.807, 2.05) is 0 Å². The third-order valence-electron chi connectivity index (χ3n) is 4.82. The fourth-order valence-corrected chi connectivity index (χ4v) is 3.42. The number of ether oxygens (including phenoxy) is 1. The molecule has 0 saturated heterocycles. The lowest BCUT2D eigenvalue weighted by Gasteiger charge is -2.05. The van der Waals surface area contributed by atoms with E-state index in [4.69, 9.17) is 4.74 Å². The molecule has 3 heteroatoms. The lowest BCUT2D eigenvalue weighted by atomic mass is 10.1. The number of unbranched alkanes of at least 4 members (excludes halogenated alkanes) is 6.